The number of halogens is 1. The number of likely N-dealkylation sites (N-methyl/N-ethyl adjacent to an activating group) is 1. The normalized spacial score (nSPS) is 12.1. The molecule has 5 heteroatoms. The Hall–Kier alpha value is -2.56. The number of benzene rings is 3. The van der Waals surface area contributed by atoms with E-state index in [1.165, 1.54) is 0 Å². The highest BCUT2D eigenvalue weighted by atomic mass is 35.5. The summed E-state index contributed by atoms with van der Waals surface area (Å²) in [4.78, 5) is 14.3. The molecule has 0 aliphatic heterocycles. The molecule has 0 saturated carbocycles. The molecule has 3 rings (SSSR count). The minimum atomic E-state index is -0.165. The van der Waals surface area contributed by atoms with Gasteiger partial charge in [0, 0.05) is 17.0 Å². The summed E-state index contributed by atoms with van der Waals surface area (Å²) in [6.07, 6.45) is 0. The summed E-state index contributed by atoms with van der Waals surface area (Å²) in [5, 5.41) is 5.72. The maximum absolute atomic E-state index is 12.3. The summed E-state index contributed by atoms with van der Waals surface area (Å²) >= 11 is 6.31. The van der Waals surface area contributed by atoms with Crippen molar-refractivity contribution >= 4 is 28.3 Å². The third kappa shape index (κ3) is 4.79. The van der Waals surface area contributed by atoms with Gasteiger partial charge >= 0.3 is 0 Å². The molecular weight excluding hydrogens is 360 g/mol. The van der Waals surface area contributed by atoms with Crippen molar-refractivity contribution in [3.63, 3.8) is 0 Å². The molecule has 0 fully saturated rings. The summed E-state index contributed by atoms with van der Waals surface area (Å²) < 4.78 is 5.75. The number of carbonyl (C=O) groups excluding carboxylic acids is 1. The average molecular weight is 383 g/mol. The van der Waals surface area contributed by atoms with Crippen LogP contribution in [-0.4, -0.2) is 38.1 Å². The molecule has 0 saturated heterocycles. The Labute approximate surface area is 164 Å². The molecule has 27 heavy (non-hydrogen) atoms. The number of nitrogens with zero attached hydrogens (tertiary/aromatic N) is 1. The first-order valence-electron chi connectivity index (χ1n) is 8.84. The minimum absolute atomic E-state index is 0.0137. The van der Waals surface area contributed by atoms with Gasteiger partial charge in [0.05, 0.1) is 6.04 Å². The van der Waals surface area contributed by atoms with E-state index in [1.807, 2.05) is 85.7 Å². The van der Waals surface area contributed by atoms with E-state index in [9.17, 15) is 4.79 Å². The van der Waals surface area contributed by atoms with Crippen molar-refractivity contribution in [2.24, 2.45) is 0 Å². The van der Waals surface area contributed by atoms with Crippen LogP contribution in [0.4, 0.5) is 0 Å². The van der Waals surface area contributed by atoms with E-state index in [1.54, 1.807) is 0 Å². The van der Waals surface area contributed by atoms with Gasteiger partial charge in [0.25, 0.3) is 5.91 Å². The molecule has 4 nitrogen and oxygen atoms in total. The van der Waals surface area contributed by atoms with Gasteiger partial charge in [0.2, 0.25) is 0 Å². The van der Waals surface area contributed by atoms with Crippen LogP contribution in [0.15, 0.2) is 66.7 Å². The summed E-state index contributed by atoms with van der Waals surface area (Å²) in [7, 11) is 3.93. The summed E-state index contributed by atoms with van der Waals surface area (Å²) in [5.41, 5.74) is 0.986. The van der Waals surface area contributed by atoms with Gasteiger partial charge in [-0.1, -0.05) is 66.2 Å². The van der Waals surface area contributed by atoms with E-state index in [0.717, 1.165) is 16.3 Å². The van der Waals surface area contributed by atoms with Crippen molar-refractivity contribution in [2.75, 3.05) is 27.2 Å². The number of nitrogens with one attached hydrogen (secondary N) is 1. The third-order valence-corrected chi connectivity index (χ3v) is 4.83. The Kier molecular flexibility index (Phi) is 6.32. The van der Waals surface area contributed by atoms with Crippen LogP contribution in [0.3, 0.4) is 0 Å². The topological polar surface area (TPSA) is 41.6 Å². The molecule has 1 N–H and O–H groups in total. The third-order valence-electron chi connectivity index (χ3n) is 4.49. The van der Waals surface area contributed by atoms with E-state index in [0.29, 0.717) is 17.3 Å². The van der Waals surface area contributed by atoms with Crippen LogP contribution in [0.5, 0.6) is 5.75 Å². The van der Waals surface area contributed by atoms with Gasteiger partial charge in [0.15, 0.2) is 6.61 Å². The van der Waals surface area contributed by atoms with Crippen LogP contribution in [0.2, 0.25) is 5.02 Å². The van der Waals surface area contributed by atoms with Crippen LogP contribution < -0.4 is 10.1 Å². The van der Waals surface area contributed by atoms with Crippen LogP contribution >= 0.6 is 11.6 Å². The fourth-order valence-corrected chi connectivity index (χ4v) is 3.30. The Balaban J connectivity index is 1.61. The number of hydrogen-bond acceptors (Lipinski definition) is 3. The quantitative estimate of drug-likeness (QED) is 0.662. The molecule has 3 aromatic rings. The second-order valence-corrected chi connectivity index (χ2v) is 6.98. The van der Waals surface area contributed by atoms with E-state index in [4.69, 9.17) is 16.3 Å². The lowest BCUT2D eigenvalue weighted by Crippen LogP contribution is -2.37. The molecule has 1 atom stereocenters. The van der Waals surface area contributed by atoms with Crippen LogP contribution in [-0.2, 0) is 4.79 Å². The molecule has 140 valence electrons. The SMILES string of the molecule is CN(C)[C@@H](CNC(=O)COc1cccc2ccccc12)c1ccccc1Cl. The van der Waals surface area contributed by atoms with Gasteiger partial charge in [-0.15, -0.1) is 0 Å². The minimum Gasteiger partial charge on any atom is -0.483 e. The molecule has 1 amide bonds. The standard InChI is InChI=1S/C22H23ClN2O2/c1-25(2)20(18-11-5-6-12-19(18)23)14-24-22(26)15-27-21-13-7-9-16-8-3-4-10-17(16)21/h3-13,20H,14-15H2,1-2H3,(H,24,26)/t20-/m0/s1. The average Bonchev–Trinajstić information content (AvgIpc) is 2.67. The Morgan fingerprint density at radius 2 is 1.74 bits per heavy atom. The monoisotopic (exact) mass is 382 g/mol. The van der Waals surface area contributed by atoms with Gasteiger partial charge in [-0.2, -0.15) is 0 Å². The van der Waals surface area contributed by atoms with Crippen LogP contribution in [0, 0.1) is 0 Å². The highest BCUT2D eigenvalue weighted by Crippen LogP contribution is 2.26. The zero-order valence-electron chi connectivity index (χ0n) is 15.5. The van der Waals surface area contributed by atoms with Gasteiger partial charge < -0.3 is 15.0 Å². The first-order chi connectivity index (χ1) is 13.1. The zero-order valence-corrected chi connectivity index (χ0v) is 16.2. The smallest absolute Gasteiger partial charge is 0.258 e. The van der Waals surface area contributed by atoms with Gasteiger partial charge in [-0.3, -0.25) is 4.79 Å². The highest BCUT2D eigenvalue weighted by Gasteiger charge is 2.18. The molecule has 0 spiro atoms. The van der Waals surface area contributed by atoms with Crippen LogP contribution in [0.25, 0.3) is 10.8 Å². The second-order valence-electron chi connectivity index (χ2n) is 6.57. The lowest BCUT2D eigenvalue weighted by atomic mass is 10.1. The first-order valence-corrected chi connectivity index (χ1v) is 9.22. The lowest BCUT2D eigenvalue weighted by Gasteiger charge is -2.26. The van der Waals surface area contributed by atoms with E-state index in [2.05, 4.69) is 5.32 Å². The molecule has 0 heterocycles. The van der Waals surface area contributed by atoms with E-state index in [-0.39, 0.29) is 18.6 Å². The molecule has 0 radical (unpaired) electrons. The van der Waals surface area contributed by atoms with Gasteiger partial charge in [-0.05, 0) is 37.2 Å². The van der Waals surface area contributed by atoms with Crippen molar-refractivity contribution in [3.8, 4) is 5.75 Å². The van der Waals surface area contributed by atoms with Crippen molar-refractivity contribution < 1.29 is 9.53 Å². The summed E-state index contributed by atoms with van der Waals surface area (Å²) in [5.74, 6) is 0.542. The molecule has 0 unspecified atom stereocenters. The predicted molar refractivity (Wildman–Crippen MR) is 110 cm³/mol. The molecular formula is C22H23ClN2O2. The fourth-order valence-electron chi connectivity index (χ4n) is 3.04. The predicted octanol–water partition coefficient (Wildman–Crippen LogP) is 4.29. The van der Waals surface area contributed by atoms with E-state index >= 15 is 0 Å². The Morgan fingerprint density at radius 3 is 2.52 bits per heavy atom. The number of fused-ring (bicyclic) bond motifs is 1. The summed E-state index contributed by atoms with van der Waals surface area (Å²) in [6, 6.07) is 21.4. The molecule has 0 bridgehead atoms. The molecule has 0 aliphatic carbocycles. The highest BCUT2D eigenvalue weighted by molar-refractivity contribution is 6.31. The number of amides is 1. The molecule has 3 aromatic carbocycles. The van der Waals surface area contributed by atoms with E-state index < -0.39 is 0 Å². The largest absolute Gasteiger partial charge is 0.483 e. The van der Waals surface area contributed by atoms with Gasteiger partial charge in [0.1, 0.15) is 5.75 Å². The molecule has 0 aromatic heterocycles. The lowest BCUT2D eigenvalue weighted by molar-refractivity contribution is -0.123. The van der Waals surface area contributed by atoms with Gasteiger partial charge in [-0.25, -0.2) is 0 Å². The maximum Gasteiger partial charge on any atom is 0.258 e. The Morgan fingerprint density at radius 1 is 1.04 bits per heavy atom. The summed E-state index contributed by atoms with van der Waals surface area (Å²) in [6.45, 7) is 0.422. The number of ether oxygens (including phenoxy) is 1. The Bertz CT molecular complexity index is 922. The van der Waals surface area contributed by atoms with Crippen molar-refractivity contribution in [3.05, 3.63) is 77.3 Å². The second kappa shape index (κ2) is 8.89. The first kappa shape index (κ1) is 19.2. The number of rotatable bonds is 7. The fraction of sp³-hybridized carbons (Fsp3) is 0.227. The van der Waals surface area contributed by atoms with Crippen LogP contribution in [0.1, 0.15) is 11.6 Å². The van der Waals surface area contributed by atoms with Crippen molar-refractivity contribution in [1.82, 2.24) is 10.2 Å². The van der Waals surface area contributed by atoms with Crippen molar-refractivity contribution in [1.29, 1.82) is 0 Å². The van der Waals surface area contributed by atoms with Crippen molar-refractivity contribution in [2.45, 2.75) is 6.04 Å². The number of hydrogen-bond donors (Lipinski definition) is 1. The molecule has 0 aliphatic rings. The number of carbonyl (C=O) groups is 1. The zero-order chi connectivity index (χ0) is 19.2. The maximum atomic E-state index is 12.3.